The molecular formula is C56H94N4O12. The van der Waals surface area contributed by atoms with Crippen molar-refractivity contribution in [1.82, 2.24) is 14.7 Å². The van der Waals surface area contributed by atoms with Gasteiger partial charge in [0, 0.05) is 85.4 Å². The second kappa shape index (κ2) is 33.8. The van der Waals surface area contributed by atoms with Gasteiger partial charge in [0.05, 0.1) is 62.6 Å². The van der Waals surface area contributed by atoms with Gasteiger partial charge in [0.1, 0.15) is 24.0 Å². The van der Waals surface area contributed by atoms with Gasteiger partial charge >= 0.3 is 0 Å². The molecule has 1 fully saturated rings. The number of ketones is 4. The van der Waals surface area contributed by atoms with Gasteiger partial charge in [-0.15, -0.1) is 0 Å². The second-order valence-corrected chi connectivity index (χ2v) is 20.9. The van der Waals surface area contributed by atoms with Crippen molar-refractivity contribution >= 4 is 40.9 Å². The predicted octanol–water partition coefficient (Wildman–Crippen LogP) is 6.81. The molecular weight excluding hydrogens is 921 g/mol. The molecule has 72 heavy (non-hydrogen) atoms. The molecule has 0 aromatic heterocycles. The number of methoxy groups -OCH3 is 2. The minimum Gasteiger partial charge on any atom is -0.388 e. The Bertz CT molecular complexity index is 1810. The van der Waals surface area contributed by atoms with E-state index < -0.39 is 42.2 Å². The molecule has 1 aliphatic rings. The number of nitrogens with two attached hydrogens (primary N) is 1. The number of hydrogen-bond donors (Lipinski definition) is 2. The quantitative estimate of drug-likeness (QED) is 0.0653. The highest BCUT2D eigenvalue weighted by Crippen LogP contribution is 2.33. The molecule has 10 atom stereocenters. The van der Waals surface area contributed by atoms with Crippen LogP contribution in [0.3, 0.4) is 0 Å². The van der Waals surface area contributed by atoms with Crippen LogP contribution in [-0.4, -0.2) is 159 Å². The number of likely N-dealkylation sites (tertiary alicyclic amines) is 1. The van der Waals surface area contributed by atoms with Crippen LogP contribution in [0.2, 0.25) is 0 Å². The van der Waals surface area contributed by atoms with E-state index >= 15 is 0 Å². The average Bonchev–Trinajstić information content (AvgIpc) is 3.85. The lowest BCUT2D eigenvalue weighted by atomic mass is 9.83. The number of ether oxygens (including phenoxy) is 4. The molecule has 0 radical (unpaired) electrons. The maximum atomic E-state index is 14.7. The van der Waals surface area contributed by atoms with Gasteiger partial charge in [-0.05, 0) is 61.3 Å². The molecule has 1 saturated heterocycles. The van der Waals surface area contributed by atoms with Crippen molar-refractivity contribution in [3.8, 4) is 0 Å². The van der Waals surface area contributed by atoms with Gasteiger partial charge < -0.3 is 44.5 Å². The molecule has 2 rings (SSSR count). The Kier molecular flexibility index (Phi) is 30.1. The normalized spacial score (nSPS) is 17.7. The molecule has 1 heterocycles. The van der Waals surface area contributed by atoms with E-state index in [1.54, 1.807) is 38.1 Å². The predicted molar refractivity (Wildman–Crippen MR) is 279 cm³/mol. The van der Waals surface area contributed by atoms with Gasteiger partial charge in [0.25, 0.3) is 0 Å². The molecule has 0 spiro atoms. The maximum absolute atomic E-state index is 14.7. The fourth-order valence-electron chi connectivity index (χ4n) is 10.2. The van der Waals surface area contributed by atoms with Crippen molar-refractivity contribution in [2.45, 2.75) is 175 Å². The summed E-state index contributed by atoms with van der Waals surface area (Å²) in [5.74, 6) is -2.99. The monoisotopic (exact) mass is 1010 g/mol. The summed E-state index contributed by atoms with van der Waals surface area (Å²) in [4.78, 5) is 98.7. The molecule has 0 saturated carbocycles. The lowest BCUT2D eigenvalue weighted by Gasteiger charge is -2.41. The molecule has 0 bridgehead atoms. The summed E-state index contributed by atoms with van der Waals surface area (Å²) < 4.78 is 23.3. The largest absolute Gasteiger partial charge is 0.388 e. The summed E-state index contributed by atoms with van der Waals surface area (Å²) in [6.45, 7) is 16.4. The first-order valence-corrected chi connectivity index (χ1v) is 26.7. The SMILES string of the molecule is CC[C@H](C)[C@@H](C(CC(=O)N1CCC[C@H]1[C@H](OC)[C@@H](C)C(=O)C[C@H](C)C(O)c1ccccc1)OC)N(C)C(=O)[C@H](CC(=O)C(C(C)C)N(C)C(=O)COCCOCCCC(=O)CCCCCC(=O)CN)C(C)C. The van der Waals surface area contributed by atoms with Gasteiger partial charge in [0.15, 0.2) is 5.78 Å². The third-order valence-electron chi connectivity index (χ3n) is 14.9. The highest BCUT2D eigenvalue weighted by Gasteiger charge is 2.43. The van der Waals surface area contributed by atoms with Gasteiger partial charge in [-0.3, -0.25) is 33.6 Å². The third kappa shape index (κ3) is 20.4. The summed E-state index contributed by atoms with van der Waals surface area (Å²) in [6.07, 6.45) is 4.35. The summed E-state index contributed by atoms with van der Waals surface area (Å²) in [7, 11) is 6.41. The Hall–Kier alpha value is -3.93. The number of Topliss-reactive ketones (excluding diaryl/α,β-unsaturated/α-hetero) is 4. The van der Waals surface area contributed by atoms with Crippen LogP contribution >= 0.6 is 0 Å². The van der Waals surface area contributed by atoms with Gasteiger partial charge in [-0.2, -0.15) is 0 Å². The topological polar surface area (TPSA) is 212 Å². The summed E-state index contributed by atoms with van der Waals surface area (Å²) in [5.41, 5.74) is 6.08. The molecule has 16 nitrogen and oxygen atoms in total. The van der Waals surface area contributed by atoms with Crippen LogP contribution in [-0.2, 0) is 52.5 Å². The van der Waals surface area contributed by atoms with Gasteiger partial charge in [-0.25, -0.2) is 0 Å². The van der Waals surface area contributed by atoms with Gasteiger partial charge in [-0.1, -0.05) is 98.6 Å². The standard InChI is InChI=1S/C56H94N4O12/c1-13-39(6)53(49(69-11)34-50(65)60-28-20-27-46(60)55(70-12)41(8)47(63)32-40(7)54(67)42-22-16-14-17-23-42)59(10)56(68)45(37(2)3)33-48(64)52(38(4)5)58(9)51(66)36-72-31-30-71-29-21-26-43(61)24-18-15-19-25-44(62)35-57/h14,16-17,22-23,37-41,45-46,49,52-55,67H,13,15,18-21,24-36,57H2,1-12H3/t39-,40-,41-,45+,46-,49?,52?,53-,54?,55+/m0/s1. The third-order valence-corrected chi connectivity index (χ3v) is 14.9. The van der Waals surface area contributed by atoms with Crippen molar-refractivity contribution < 1.29 is 57.6 Å². The second-order valence-electron chi connectivity index (χ2n) is 20.9. The van der Waals surface area contributed by atoms with E-state index in [2.05, 4.69) is 0 Å². The fraction of sp³-hybridized carbons (Fsp3) is 0.768. The molecule has 1 aromatic carbocycles. The summed E-state index contributed by atoms with van der Waals surface area (Å²) in [6, 6.07) is 7.62. The number of benzene rings is 1. The first kappa shape index (κ1) is 64.2. The average molecular weight is 1020 g/mol. The lowest BCUT2D eigenvalue weighted by Crippen LogP contribution is -2.54. The van der Waals surface area contributed by atoms with Crippen LogP contribution in [0, 0.1) is 35.5 Å². The van der Waals surface area contributed by atoms with Crippen LogP contribution in [0.5, 0.6) is 0 Å². The van der Waals surface area contributed by atoms with Gasteiger partial charge in [0.2, 0.25) is 17.7 Å². The summed E-state index contributed by atoms with van der Waals surface area (Å²) >= 11 is 0. The Labute approximate surface area is 432 Å². The number of rotatable bonds is 38. The Morgan fingerprint density at radius 1 is 0.736 bits per heavy atom. The van der Waals surface area contributed by atoms with Crippen molar-refractivity contribution in [1.29, 1.82) is 0 Å². The van der Waals surface area contributed by atoms with Crippen LogP contribution in [0.4, 0.5) is 0 Å². The molecule has 16 heteroatoms. The first-order chi connectivity index (χ1) is 34.2. The van der Waals surface area contributed by atoms with Crippen LogP contribution < -0.4 is 5.73 Å². The minimum atomic E-state index is -0.802. The molecule has 410 valence electrons. The Balaban J connectivity index is 2.05. The number of amides is 3. The van der Waals surface area contributed by atoms with E-state index in [0.29, 0.717) is 51.7 Å². The number of carbonyl (C=O) groups excluding carboxylic acids is 7. The lowest BCUT2D eigenvalue weighted by molar-refractivity contribution is -0.150. The van der Waals surface area contributed by atoms with Crippen molar-refractivity contribution in [2.75, 3.05) is 67.8 Å². The number of carbonyl (C=O) groups is 7. The molecule has 3 unspecified atom stereocenters. The Morgan fingerprint density at radius 3 is 1.94 bits per heavy atom. The number of aliphatic hydroxyl groups excluding tert-OH is 1. The number of nitrogens with zero attached hydrogens (tertiary/aromatic N) is 3. The molecule has 3 amide bonds. The number of unbranched alkanes of at least 4 members (excludes halogenated alkanes) is 2. The molecule has 1 aliphatic heterocycles. The smallest absolute Gasteiger partial charge is 0.248 e. The highest BCUT2D eigenvalue weighted by molar-refractivity contribution is 5.93. The zero-order chi connectivity index (χ0) is 54.1. The van der Waals surface area contributed by atoms with Crippen molar-refractivity contribution in [2.24, 2.45) is 41.2 Å². The maximum Gasteiger partial charge on any atom is 0.248 e. The Morgan fingerprint density at radius 2 is 1.36 bits per heavy atom. The van der Waals surface area contributed by atoms with E-state index in [9.17, 15) is 38.7 Å². The van der Waals surface area contributed by atoms with Crippen LogP contribution in [0.15, 0.2) is 30.3 Å². The molecule has 1 aromatic rings. The number of likely N-dealkylation sites (N-methyl/N-ethyl adjacent to an activating group) is 2. The van der Waals surface area contributed by atoms with E-state index in [4.69, 9.17) is 24.7 Å². The highest BCUT2D eigenvalue weighted by atomic mass is 16.5. The zero-order valence-electron chi connectivity index (χ0n) is 46.1. The van der Waals surface area contributed by atoms with E-state index in [-0.39, 0.29) is 116 Å². The minimum absolute atomic E-state index is 0.00949. The van der Waals surface area contributed by atoms with E-state index in [1.807, 2.05) is 85.7 Å². The van der Waals surface area contributed by atoms with E-state index in [0.717, 1.165) is 31.2 Å². The molecule has 0 aliphatic carbocycles. The van der Waals surface area contributed by atoms with E-state index in [1.165, 1.54) is 4.90 Å². The summed E-state index contributed by atoms with van der Waals surface area (Å²) in [5, 5.41) is 11.0. The first-order valence-electron chi connectivity index (χ1n) is 26.7. The fourth-order valence-corrected chi connectivity index (χ4v) is 10.2. The van der Waals surface area contributed by atoms with Crippen LogP contribution in [0.1, 0.15) is 151 Å². The van der Waals surface area contributed by atoms with Crippen LogP contribution in [0.25, 0.3) is 0 Å². The van der Waals surface area contributed by atoms with Crippen molar-refractivity contribution in [3.05, 3.63) is 35.9 Å². The number of hydrogen-bond acceptors (Lipinski definition) is 13. The molecule has 3 N–H and O–H groups in total. The zero-order valence-corrected chi connectivity index (χ0v) is 46.1. The number of aliphatic hydroxyl groups is 1. The van der Waals surface area contributed by atoms with Crippen molar-refractivity contribution in [3.63, 3.8) is 0 Å².